The van der Waals surface area contributed by atoms with Gasteiger partial charge in [-0.3, -0.25) is 19.9 Å². The number of benzene rings is 2. The van der Waals surface area contributed by atoms with Gasteiger partial charge in [-0.1, -0.05) is 30.0 Å². The van der Waals surface area contributed by atoms with Crippen LogP contribution in [0.15, 0.2) is 77.0 Å². The maximum absolute atomic E-state index is 16.1. The Bertz CT molecular complexity index is 2800. The summed E-state index contributed by atoms with van der Waals surface area (Å²) in [6.45, 7) is 8.42. The summed E-state index contributed by atoms with van der Waals surface area (Å²) < 4.78 is 134. The lowest BCUT2D eigenvalue weighted by Gasteiger charge is -2.47. The Hall–Kier alpha value is -7.21. The van der Waals surface area contributed by atoms with Gasteiger partial charge in [-0.05, 0) is 103 Å². The highest BCUT2D eigenvalue weighted by atomic mass is 19.4. The molecule has 3 fully saturated rings. The number of allylic oxidation sites excluding steroid dienone is 1. The van der Waals surface area contributed by atoms with Gasteiger partial charge >= 0.3 is 24.5 Å². The fourth-order valence-corrected chi connectivity index (χ4v) is 9.41. The van der Waals surface area contributed by atoms with Crippen molar-refractivity contribution in [3.05, 3.63) is 106 Å². The van der Waals surface area contributed by atoms with Crippen LogP contribution in [0.4, 0.5) is 50.5 Å². The number of aliphatic hydroxyl groups is 1. The van der Waals surface area contributed by atoms with Crippen LogP contribution in [0, 0.1) is 34.3 Å². The molecule has 0 radical (unpaired) electrons. The topological polar surface area (TPSA) is 212 Å². The number of aliphatic imine (C=N–C) groups is 2. The number of hydrogen-bond donors (Lipinski definition) is 5. The second kappa shape index (κ2) is 25.9. The molecule has 26 heteroatoms. The number of carbonyl (C=O) groups excluding carboxylic acids is 4. The van der Waals surface area contributed by atoms with Gasteiger partial charge in [0.1, 0.15) is 29.5 Å². The van der Waals surface area contributed by atoms with E-state index in [0.29, 0.717) is 67.5 Å². The predicted octanol–water partition coefficient (Wildman–Crippen LogP) is 6.34. The zero-order chi connectivity index (χ0) is 58.9. The summed E-state index contributed by atoms with van der Waals surface area (Å²) in [5.74, 6) is 0.924. The molecule has 2 unspecified atom stereocenters. The van der Waals surface area contributed by atoms with E-state index in [1.807, 2.05) is 22.8 Å². The number of hydrazine groups is 1. The maximum atomic E-state index is 16.1. The molecule has 0 spiro atoms. The summed E-state index contributed by atoms with van der Waals surface area (Å²) in [5, 5.41) is 18.7. The van der Waals surface area contributed by atoms with Gasteiger partial charge in [0.25, 0.3) is 5.91 Å². The maximum Gasteiger partial charge on any atom is 0.407 e. The van der Waals surface area contributed by atoms with Crippen LogP contribution >= 0.6 is 0 Å². The van der Waals surface area contributed by atoms with E-state index in [2.05, 4.69) is 63.5 Å². The molecule has 6 rings (SSSR count). The van der Waals surface area contributed by atoms with Gasteiger partial charge in [0.2, 0.25) is 5.91 Å². The zero-order valence-electron chi connectivity index (χ0n) is 45.0. The lowest BCUT2D eigenvalue weighted by Crippen LogP contribution is -2.63. The van der Waals surface area contributed by atoms with E-state index in [-0.39, 0.29) is 11.4 Å². The Kier molecular flexibility index (Phi) is 20.1. The van der Waals surface area contributed by atoms with Crippen molar-refractivity contribution in [2.24, 2.45) is 20.8 Å². The van der Waals surface area contributed by atoms with Gasteiger partial charge in [-0.2, -0.15) is 26.3 Å². The minimum absolute atomic E-state index is 0.212. The molecule has 2 bridgehead atoms. The van der Waals surface area contributed by atoms with E-state index in [4.69, 9.17) is 4.74 Å². The predicted molar refractivity (Wildman–Crippen MR) is 278 cm³/mol. The zero-order valence-corrected chi connectivity index (χ0v) is 45.0. The highest BCUT2D eigenvalue weighted by molar-refractivity contribution is 6.01. The van der Waals surface area contributed by atoms with E-state index in [0.717, 1.165) is 71.3 Å². The average Bonchev–Trinajstić information content (AvgIpc) is 3.76. The second-order valence-corrected chi connectivity index (χ2v) is 20.6. The van der Waals surface area contributed by atoms with Gasteiger partial charge in [0, 0.05) is 72.9 Å². The van der Waals surface area contributed by atoms with Crippen LogP contribution in [0.5, 0.6) is 0 Å². The fraction of sp³-hybridized carbons (Fsp3) is 0.500. The SMILES string of the molecule is C=N/C(=N\C=C/C)c1cc(F)c(CN(C[C@H](O)[C@H](Cc2ccc(C#Cc3ccc(N4CC5CCC(C4)N5C4COC4)nc3)cc2)NC(=O)[C@@H](NC(=O)OC)C(C)(C)C(F)(F)F)NC(=O)[C@@H](NC(=O)OC)C(C)(C)C(F)(F)F)c(F)c1. The number of fused-ring (bicyclic) bond motifs is 2. The number of halogens is 8. The second-order valence-electron chi connectivity index (χ2n) is 20.6. The molecule has 0 aliphatic carbocycles. The average molecular weight is 1130 g/mol. The molecule has 80 heavy (non-hydrogen) atoms. The number of methoxy groups -OCH3 is 2. The number of aliphatic hydroxyl groups excluding tert-OH is 1. The highest BCUT2D eigenvalue weighted by Crippen LogP contribution is 2.42. The third-order valence-electron chi connectivity index (χ3n) is 14.4. The summed E-state index contributed by atoms with van der Waals surface area (Å²) in [7, 11) is 1.65. The molecule has 3 aromatic rings. The number of hydrogen-bond acceptors (Lipinski definition) is 13. The molecule has 18 nitrogen and oxygen atoms in total. The van der Waals surface area contributed by atoms with E-state index in [9.17, 15) is 50.6 Å². The van der Waals surface area contributed by atoms with Crippen molar-refractivity contribution in [2.75, 3.05) is 52.0 Å². The quantitative estimate of drug-likeness (QED) is 0.0293. The molecule has 4 heterocycles. The normalized spacial score (nSPS) is 18.8. The summed E-state index contributed by atoms with van der Waals surface area (Å²) in [6, 6.07) is 6.15. The number of ether oxygens (including phenoxy) is 3. The molecule has 4 amide bonds. The minimum Gasteiger partial charge on any atom is -0.453 e. The molecule has 3 aliphatic rings. The van der Waals surface area contributed by atoms with E-state index < -0.39 is 108 Å². The number of nitrogens with zero attached hydrogens (tertiary/aromatic N) is 6. The molecule has 434 valence electrons. The smallest absolute Gasteiger partial charge is 0.407 e. The third-order valence-corrected chi connectivity index (χ3v) is 14.4. The van der Waals surface area contributed by atoms with Crippen LogP contribution in [0.3, 0.4) is 0 Å². The summed E-state index contributed by atoms with van der Waals surface area (Å²) >= 11 is 0. The first-order valence-electron chi connectivity index (χ1n) is 25.3. The minimum atomic E-state index is -5.19. The monoisotopic (exact) mass is 1130 g/mol. The Morgan fingerprint density at radius 3 is 1.85 bits per heavy atom. The number of rotatable bonds is 19. The lowest BCUT2D eigenvalue weighted by molar-refractivity contribution is -0.221. The van der Waals surface area contributed by atoms with E-state index >= 15 is 8.78 Å². The number of anilines is 1. The number of alkyl carbamates (subject to hydrolysis) is 2. The van der Waals surface area contributed by atoms with Gasteiger partial charge in [0.15, 0.2) is 5.84 Å². The molecule has 5 N–H and O–H groups in total. The van der Waals surface area contributed by atoms with Gasteiger partial charge < -0.3 is 40.2 Å². The van der Waals surface area contributed by atoms with Crippen LogP contribution in [-0.4, -0.2) is 158 Å². The highest BCUT2D eigenvalue weighted by Gasteiger charge is 2.57. The Morgan fingerprint density at radius 1 is 0.838 bits per heavy atom. The van der Waals surface area contributed by atoms with Gasteiger partial charge in [0.05, 0.1) is 56.5 Å². The number of carbonyl (C=O) groups is 4. The van der Waals surface area contributed by atoms with Crippen LogP contribution < -0.4 is 26.3 Å². The van der Waals surface area contributed by atoms with Crippen LogP contribution in [0.2, 0.25) is 0 Å². The third kappa shape index (κ3) is 14.8. The van der Waals surface area contributed by atoms with Crippen molar-refractivity contribution in [1.29, 1.82) is 0 Å². The number of pyridine rings is 1. The number of aromatic nitrogens is 1. The van der Waals surface area contributed by atoms with Crippen molar-refractivity contribution in [3.63, 3.8) is 0 Å². The van der Waals surface area contributed by atoms with Crippen molar-refractivity contribution < 1.29 is 73.6 Å². The lowest BCUT2D eigenvalue weighted by atomic mass is 9.82. The Labute approximate surface area is 457 Å². The number of nitrogens with one attached hydrogen (secondary N) is 4. The number of piperazine rings is 1. The van der Waals surface area contributed by atoms with E-state index in [1.54, 1.807) is 25.3 Å². The fourth-order valence-electron chi connectivity index (χ4n) is 9.41. The first kappa shape index (κ1) is 62.0. The summed E-state index contributed by atoms with van der Waals surface area (Å²) in [4.78, 5) is 70.1. The molecule has 6 atom stereocenters. The number of amides is 4. The van der Waals surface area contributed by atoms with Crippen LogP contribution in [0.25, 0.3) is 0 Å². The van der Waals surface area contributed by atoms with Crippen molar-refractivity contribution >= 4 is 42.4 Å². The van der Waals surface area contributed by atoms with E-state index in [1.165, 1.54) is 24.4 Å². The van der Waals surface area contributed by atoms with Crippen molar-refractivity contribution in [2.45, 2.75) is 115 Å². The number of amidine groups is 1. The summed E-state index contributed by atoms with van der Waals surface area (Å²) in [6.07, 6.45) is -9.16. The molecule has 3 saturated heterocycles. The summed E-state index contributed by atoms with van der Waals surface area (Å²) in [5.41, 5.74) is -3.67. The Balaban J connectivity index is 1.32. The molecule has 2 aromatic carbocycles. The molecule has 1 aromatic heterocycles. The van der Waals surface area contributed by atoms with Gasteiger partial charge in [-0.15, -0.1) is 0 Å². The van der Waals surface area contributed by atoms with Crippen molar-refractivity contribution in [3.8, 4) is 11.8 Å². The molecule has 0 saturated carbocycles. The van der Waals surface area contributed by atoms with Gasteiger partial charge in [-0.25, -0.2) is 38.3 Å². The Morgan fingerprint density at radius 2 is 1.38 bits per heavy atom. The first-order chi connectivity index (χ1) is 37.6. The first-order valence-corrected chi connectivity index (χ1v) is 25.3. The molecular weight excluding hydrogens is 1070 g/mol. The molecule has 3 aliphatic heterocycles. The molecular formula is C54H64F8N10O8. The standard InChI is InChI=1S/C54H64F8N10O8/c1-9-20-64-46(63-6)34-22-39(55)38(40(56)23-34)27-71(69-48(75)45(68-50(77)79-8)52(4,5)54(60,61)62)28-42(73)41(66-47(74)44(67-49(76)78-7)51(2,3)53(57,58)59)21-32-13-10-31(11-14-32)12-15-33-16-19-43(65-24-33)70-25-35-17-18-36(26-70)72(35)37-29-80-30-37/h9-11,13-14,16,19-20,22-24,35-37,41-42,44-45,73H,6,17-18,21,25-30H2,1-5,7-8H3,(H,66,74)(H,67,76)(H,68,77)(H,69,75)/b20-9-,64-46-/t35?,36?,41-,42-,44+,45+/m0/s1. The number of alkyl halides is 6. The van der Waals surface area contributed by atoms with Crippen molar-refractivity contribution in [1.82, 2.24) is 36.3 Å². The van der Waals surface area contributed by atoms with Crippen LogP contribution in [0.1, 0.15) is 75.3 Å². The largest absolute Gasteiger partial charge is 0.453 e. The van der Waals surface area contributed by atoms with Crippen LogP contribution in [-0.2, 0) is 36.8 Å².